The number of nitrogen functional groups attached to an aromatic ring is 1. The van der Waals surface area contributed by atoms with E-state index < -0.39 is 59.0 Å². The maximum absolute atomic E-state index is 13.7. The summed E-state index contributed by atoms with van der Waals surface area (Å²) in [7, 11) is 0. The molecule has 0 spiro atoms. The summed E-state index contributed by atoms with van der Waals surface area (Å²) in [6.45, 7) is 0. The monoisotopic (exact) mass is 510 g/mol. The van der Waals surface area contributed by atoms with Crippen molar-refractivity contribution in [1.82, 2.24) is 15.2 Å². The average Bonchev–Trinajstić information content (AvgIpc) is 3.21. The van der Waals surface area contributed by atoms with E-state index in [1.165, 1.54) is 12.1 Å². The third-order valence-corrected chi connectivity index (χ3v) is 5.19. The molecule has 1 aliphatic rings. The zero-order chi connectivity index (χ0) is 24.0. The molecular weight excluding hydrogens is 494 g/mol. The molecule has 4 bridgehead atoms. The van der Waals surface area contributed by atoms with Gasteiger partial charge in [-0.05, 0) is 43.4 Å². The van der Waals surface area contributed by atoms with Crippen molar-refractivity contribution in [1.29, 1.82) is 0 Å². The molecule has 0 amide bonds. The fraction of sp³-hybridized carbons (Fsp3) is 0.350. The van der Waals surface area contributed by atoms with Crippen molar-refractivity contribution >= 4 is 18.1 Å². The second-order valence-electron chi connectivity index (χ2n) is 7.46. The van der Waals surface area contributed by atoms with Crippen LogP contribution in [0.5, 0.6) is 11.6 Å². The first-order chi connectivity index (χ1) is 15.4. The molecule has 4 rings (SSSR count). The summed E-state index contributed by atoms with van der Waals surface area (Å²) in [5.74, 6) is -2.71. The molecule has 0 aliphatic carbocycles. The number of pyridine rings is 1. The highest BCUT2D eigenvalue weighted by molar-refractivity contribution is 5.85. The van der Waals surface area contributed by atoms with Crippen LogP contribution in [-0.2, 0) is 18.2 Å². The van der Waals surface area contributed by atoms with Crippen molar-refractivity contribution in [2.45, 2.75) is 43.6 Å². The van der Waals surface area contributed by atoms with Crippen LogP contribution in [0.25, 0.3) is 11.6 Å². The second kappa shape index (κ2) is 8.95. The molecule has 3 N–H and O–H groups in total. The number of hydrogen-bond acceptors (Lipinski definition) is 7. The van der Waals surface area contributed by atoms with Crippen molar-refractivity contribution in [3.8, 4) is 23.2 Å². The summed E-state index contributed by atoms with van der Waals surface area (Å²) >= 11 is 0. The first kappa shape index (κ1) is 25.6. The highest BCUT2D eigenvalue weighted by Gasteiger charge is 2.58. The lowest BCUT2D eigenvalue weighted by molar-refractivity contribution is -0.277. The Morgan fingerprint density at radius 3 is 2.41 bits per heavy atom. The Morgan fingerprint density at radius 2 is 1.74 bits per heavy atom. The maximum Gasteiger partial charge on any atom is 0.426 e. The van der Waals surface area contributed by atoms with Gasteiger partial charge in [-0.2, -0.15) is 26.3 Å². The van der Waals surface area contributed by atoms with E-state index >= 15 is 0 Å². The van der Waals surface area contributed by atoms with Crippen LogP contribution >= 0.6 is 12.4 Å². The SMILES string of the molecule is Cl.Nc1cc(C(F)(F)F)c2nc1-c1nnc(o1)C(O)(C(F)(F)F)CCCCc1ccccc1O2. The molecule has 184 valence electrons. The molecule has 14 heteroatoms. The molecule has 34 heavy (non-hydrogen) atoms. The van der Waals surface area contributed by atoms with Gasteiger partial charge in [0.05, 0.1) is 5.69 Å². The summed E-state index contributed by atoms with van der Waals surface area (Å²) in [6.07, 6.45) is -10.6. The number of nitrogens with zero attached hydrogens (tertiary/aromatic N) is 3. The minimum absolute atomic E-state index is 0. The van der Waals surface area contributed by atoms with Crippen molar-refractivity contribution in [2.24, 2.45) is 0 Å². The number of anilines is 1. The van der Waals surface area contributed by atoms with Crippen molar-refractivity contribution in [3.05, 3.63) is 47.3 Å². The first-order valence-corrected chi connectivity index (χ1v) is 9.67. The van der Waals surface area contributed by atoms with E-state index in [1.807, 2.05) is 0 Å². The molecule has 7 nitrogen and oxygen atoms in total. The molecule has 0 fully saturated rings. The molecule has 2 aromatic heterocycles. The fourth-order valence-corrected chi connectivity index (χ4v) is 3.43. The number of alkyl halides is 6. The number of benzene rings is 1. The lowest BCUT2D eigenvalue weighted by Gasteiger charge is -2.27. The third kappa shape index (κ3) is 4.62. The van der Waals surface area contributed by atoms with Crippen molar-refractivity contribution in [2.75, 3.05) is 5.73 Å². The molecule has 0 saturated carbocycles. The summed E-state index contributed by atoms with van der Waals surface area (Å²) in [6, 6.07) is 6.65. The number of para-hydroxylation sites is 1. The summed E-state index contributed by atoms with van der Waals surface area (Å²) in [5, 5.41) is 17.1. The van der Waals surface area contributed by atoms with E-state index in [-0.39, 0.29) is 37.4 Å². The molecule has 1 aliphatic heterocycles. The number of halogens is 7. The van der Waals surface area contributed by atoms with E-state index in [0.717, 1.165) is 0 Å². The lowest BCUT2D eigenvalue weighted by atomic mass is 9.94. The van der Waals surface area contributed by atoms with Crippen LogP contribution in [0.1, 0.15) is 36.3 Å². The summed E-state index contributed by atoms with van der Waals surface area (Å²) in [5.41, 5.74) is 0.286. The third-order valence-electron chi connectivity index (χ3n) is 5.19. The van der Waals surface area contributed by atoms with Crippen molar-refractivity contribution < 1.29 is 40.6 Å². The maximum atomic E-state index is 13.7. The van der Waals surface area contributed by atoms with Gasteiger partial charge in [-0.25, -0.2) is 4.98 Å². The van der Waals surface area contributed by atoms with E-state index in [1.54, 1.807) is 12.1 Å². The Morgan fingerprint density at radius 1 is 1.03 bits per heavy atom. The number of hydrogen-bond donors (Lipinski definition) is 2. The van der Waals surface area contributed by atoms with Crippen LogP contribution < -0.4 is 10.5 Å². The quantitative estimate of drug-likeness (QED) is 0.389. The highest BCUT2D eigenvalue weighted by Crippen LogP contribution is 2.45. The predicted molar refractivity (Wildman–Crippen MR) is 108 cm³/mol. The van der Waals surface area contributed by atoms with E-state index in [9.17, 15) is 31.4 Å². The van der Waals surface area contributed by atoms with Crippen LogP contribution in [-0.4, -0.2) is 26.5 Å². The Hall–Kier alpha value is -3.06. The Balaban J connectivity index is 0.00000324. The van der Waals surface area contributed by atoms with Crippen LogP contribution in [0, 0.1) is 0 Å². The number of ether oxygens (including phenoxy) is 1. The normalized spacial score (nSPS) is 18.8. The van der Waals surface area contributed by atoms with Gasteiger partial charge in [0.1, 0.15) is 11.3 Å². The Bertz CT molecular complexity index is 1180. The minimum Gasteiger partial charge on any atom is -0.438 e. The predicted octanol–water partition coefficient (Wildman–Crippen LogP) is 5.42. The van der Waals surface area contributed by atoms with Crippen LogP contribution in [0.4, 0.5) is 32.0 Å². The molecule has 3 aromatic rings. The highest BCUT2D eigenvalue weighted by atomic mass is 35.5. The number of nitrogens with two attached hydrogens (primary N) is 1. The van der Waals surface area contributed by atoms with Gasteiger partial charge >= 0.3 is 12.4 Å². The number of aromatic nitrogens is 3. The standard InChI is InChI=1S/C20H16F6N4O3.ClH/c21-19(22,23)11-9-12(27)14-16-29-30-17(33-16)18(31,20(24,25)26)8-4-3-6-10-5-1-2-7-13(10)32-15(11)28-14;/h1-2,5,7,9,31H,3-4,6,8,27H2;1H. The number of fused-ring (bicyclic) bond motifs is 6. The smallest absolute Gasteiger partial charge is 0.426 e. The zero-order valence-corrected chi connectivity index (χ0v) is 17.9. The van der Waals surface area contributed by atoms with Gasteiger partial charge in [0.15, 0.2) is 5.69 Å². The topological polar surface area (TPSA) is 107 Å². The summed E-state index contributed by atoms with van der Waals surface area (Å²) < 4.78 is 92.6. The molecule has 1 unspecified atom stereocenters. The van der Waals surface area contributed by atoms with E-state index in [4.69, 9.17) is 14.9 Å². The Kier molecular flexibility index (Phi) is 6.73. The van der Waals surface area contributed by atoms with E-state index in [0.29, 0.717) is 11.6 Å². The summed E-state index contributed by atoms with van der Waals surface area (Å²) in [4.78, 5) is 3.75. The van der Waals surface area contributed by atoms with Gasteiger partial charge in [0.25, 0.3) is 11.8 Å². The lowest BCUT2D eigenvalue weighted by Crippen LogP contribution is -2.42. The average molecular weight is 511 g/mol. The van der Waals surface area contributed by atoms with Gasteiger partial charge in [-0.3, -0.25) is 0 Å². The van der Waals surface area contributed by atoms with Gasteiger partial charge in [0, 0.05) is 0 Å². The second-order valence-corrected chi connectivity index (χ2v) is 7.46. The number of rotatable bonds is 0. The van der Waals surface area contributed by atoms with Gasteiger partial charge in [0.2, 0.25) is 11.5 Å². The largest absolute Gasteiger partial charge is 0.438 e. The van der Waals surface area contributed by atoms with Gasteiger partial charge < -0.3 is 20.0 Å². The van der Waals surface area contributed by atoms with Crippen molar-refractivity contribution in [3.63, 3.8) is 0 Å². The molecular formula is C20H17ClF6N4O3. The molecule has 0 radical (unpaired) electrons. The van der Waals surface area contributed by atoms with E-state index in [2.05, 4.69) is 15.2 Å². The molecule has 1 atom stereocenters. The van der Waals surface area contributed by atoms with Crippen LogP contribution in [0.2, 0.25) is 0 Å². The Labute approximate surface area is 194 Å². The number of aryl methyl sites for hydroxylation is 1. The fourth-order valence-electron chi connectivity index (χ4n) is 3.43. The van der Waals surface area contributed by atoms with Crippen LogP contribution in [0.3, 0.4) is 0 Å². The van der Waals surface area contributed by atoms with Gasteiger partial charge in [-0.1, -0.05) is 18.2 Å². The first-order valence-electron chi connectivity index (χ1n) is 9.67. The van der Waals surface area contributed by atoms with Crippen LogP contribution in [0.15, 0.2) is 34.7 Å². The molecule has 3 heterocycles. The van der Waals surface area contributed by atoms with Gasteiger partial charge in [-0.15, -0.1) is 22.6 Å². The minimum atomic E-state index is -5.15. The number of aliphatic hydroxyl groups is 1. The molecule has 0 saturated heterocycles. The zero-order valence-electron chi connectivity index (χ0n) is 17.1. The molecule has 1 aromatic carbocycles.